The SMILES string of the molecule is CC(C)[C@H](NC(=O)c1ccc2nc(N)sc2c1)C(=O)O. The summed E-state index contributed by atoms with van der Waals surface area (Å²) in [5.41, 5.74) is 6.73. The third-order valence-electron chi connectivity index (χ3n) is 2.89. The van der Waals surface area contributed by atoms with E-state index in [0.717, 1.165) is 10.2 Å². The Morgan fingerprint density at radius 2 is 2.10 bits per heavy atom. The van der Waals surface area contributed by atoms with Gasteiger partial charge in [0.05, 0.1) is 10.2 Å². The molecule has 0 saturated heterocycles. The Hall–Kier alpha value is -2.15. The van der Waals surface area contributed by atoms with Crippen molar-refractivity contribution in [2.45, 2.75) is 19.9 Å². The minimum absolute atomic E-state index is 0.195. The summed E-state index contributed by atoms with van der Waals surface area (Å²) < 4.78 is 0.798. The van der Waals surface area contributed by atoms with Gasteiger partial charge in [0.2, 0.25) is 0 Å². The molecule has 2 aromatic rings. The van der Waals surface area contributed by atoms with Crippen LogP contribution in [-0.4, -0.2) is 28.0 Å². The summed E-state index contributed by atoms with van der Waals surface area (Å²) in [6.45, 7) is 3.48. The highest BCUT2D eigenvalue weighted by Crippen LogP contribution is 2.24. The summed E-state index contributed by atoms with van der Waals surface area (Å²) in [5.74, 6) is -1.66. The average Bonchev–Trinajstić information content (AvgIpc) is 2.73. The van der Waals surface area contributed by atoms with E-state index in [0.29, 0.717) is 10.7 Å². The van der Waals surface area contributed by atoms with E-state index in [1.807, 2.05) is 0 Å². The van der Waals surface area contributed by atoms with Crippen LogP contribution in [0.5, 0.6) is 0 Å². The van der Waals surface area contributed by atoms with Crippen molar-refractivity contribution in [2.75, 3.05) is 5.73 Å². The van der Waals surface area contributed by atoms with Crippen LogP contribution in [0.25, 0.3) is 10.2 Å². The molecule has 2 rings (SSSR count). The van der Waals surface area contributed by atoms with Gasteiger partial charge < -0.3 is 16.2 Å². The summed E-state index contributed by atoms with van der Waals surface area (Å²) in [4.78, 5) is 27.3. The molecule has 1 atom stereocenters. The van der Waals surface area contributed by atoms with Crippen LogP contribution in [-0.2, 0) is 4.79 Å². The third kappa shape index (κ3) is 2.88. The fourth-order valence-electron chi connectivity index (χ4n) is 1.82. The van der Waals surface area contributed by atoms with E-state index in [4.69, 9.17) is 10.8 Å². The number of aliphatic carboxylic acids is 1. The molecule has 7 heteroatoms. The lowest BCUT2D eigenvalue weighted by atomic mass is 10.0. The topological polar surface area (TPSA) is 105 Å². The van der Waals surface area contributed by atoms with E-state index in [9.17, 15) is 9.59 Å². The molecule has 1 aromatic carbocycles. The van der Waals surface area contributed by atoms with Gasteiger partial charge in [0.1, 0.15) is 6.04 Å². The first-order chi connectivity index (χ1) is 9.38. The predicted octanol–water partition coefficient (Wildman–Crippen LogP) is 1.72. The molecule has 0 unspecified atom stereocenters. The van der Waals surface area contributed by atoms with Gasteiger partial charge in [-0.2, -0.15) is 0 Å². The van der Waals surface area contributed by atoms with Crippen molar-refractivity contribution >= 4 is 38.6 Å². The van der Waals surface area contributed by atoms with Crippen LogP contribution in [0.2, 0.25) is 0 Å². The number of amides is 1. The highest BCUT2D eigenvalue weighted by molar-refractivity contribution is 7.22. The zero-order valence-corrected chi connectivity index (χ0v) is 11.9. The molecule has 6 nitrogen and oxygen atoms in total. The molecule has 0 aliphatic rings. The zero-order valence-electron chi connectivity index (χ0n) is 11.1. The number of aromatic nitrogens is 1. The number of carboxylic acids is 1. The van der Waals surface area contributed by atoms with E-state index in [1.165, 1.54) is 11.3 Å². The quantitative estimate of drug-likeness (QED) is 0.796. The molecule has 106 valence electrons. The second-order valence-corrected chi connectivity index (χ2v) is 5.83. The molecule has 1 aromatic heterocycles. The monoisotopic (exact) mass is 293 g/mol. The highest BCUT2D eigenvalue weighted by Gasteiger charge is 2.24. The number of rotatable bonds is 4. The molecule has 1 heterocycles. The van der Waals surface area contributed by atoms with Gasteiger partial charge in [-0.3, -0.25) is 4.79 Å². The summed E-state index contributed by atoms with van der Waals surface area (Å²) in [5, 5.41) is 12.0. The van der Waals surface area contributed by atoms with Gasteiger partial charge in [0, 0.05) is 5.56 Å². The number of benzene rings is 1. The predicted molar refractivity (Wildman–Crippen MR) is 77.8 cm³/mol. The first-order valence-corrected chi connectivity index (χ1v) is 6.90. The van der Waals surface area contributed by atoms with E-state index in [-0.39, 0.29) is 5.92 Å². The number of nitrogens with one attached hydrogen (secondary N) is 1. The molecule has 0 aliphatic heterocycles. The molecule has 0 bridgehead atoms. The molecule has 0 saturated carbocycles. The van der Waals surface area contributed by atoms with Gasteiger partial charge in [-0.25, -0.2) is 9.78 Å². The molecular formula is C13H15N3O3S. The summed E-state index contributed by atoms with van der Waals surface area (Å²) in [6, 6.07) is 4.06. The number of thiazole rings is 1. The van der Waals surface area contributed by atoms with Gasteiger partial charge in [-0.1, -0.05) is 25.2 Å². The van der Waals surface area contributed by atoms with Crippen LogP contribution in [0.3, 0.4) is 0 Å². The number of nitrogens with two attached hydrogens (primary N) is 1. The third-order valence-corrected chi connectivity index (χ3v) is 3.73. The summed E-state index contributed by atoms with van der Waals surface area (Å²) in [7, 11) is 0. The van der Waals surface area contributed by atoms with Gasteiger partial charge >= 0.3 is 5.97 Å². The Morgan fingerprint density at radius 3 is 2.70 bits per heavy atom. The Bertz CT molecular complexity index is 666. The standard InChI is InChI=1S/C13H15N3O3S/c1-6(2)10(12(18)19)16-11(17)7-3-4-8-9(5-7)20-13(14)15-8/h3-6,10H,1-2H3,(H2,14,15)(H,16,17)(H,18,19)/t10-/m0/s1. The molecule has 0 radical (unpaired) electrons. The molecule has 0 aliphatic carbocycles. The van der Waals surface area contributed by atoms with Crippen molar-refractivity contribution in [1.82, 2.24) is 10.3 Å². The lowest BCUT2D eigenvalue weighted by molar-refractivity contribution is -0.140. The second-order valence-electron chi connectivity index (χ2n) is 4.77. The molecule has 1 amide bonds. The number of carbonyl (C=O) groups excluding carboxylic acids is 1. The van der Waals surface area contributed by atoms with Crippen molar-refractivity contribution in [1.29, 1.82) is 0 Å². The summed E-state index contributed by atoms with van der Waals surface area (Å²) >= 11 is 1.29. The number of hydrogen-bond donors (Lipinski definition) is 3. The number of nitrogen functional groups attached to an aromatic ring is 1. The van der Waals surface area contributed by atoms with Gasteiger partial charge in [0.25, 0.3) is 5.91 Å². The number of nitrogens with zero attached hydrogens (tertiary/aromatic N) is 1. The number of hydrogen-bond acceptors (Lipinski definition) is 5. The van der Waals surface area contributed by atoms with Crippen LogP contribution in [0.15, 0.2) is 18.2 Å². The minimum atomic E-state index is -1.04. The van der Waals surface area contributed by atoms with Crippen LogP contribution >= 0.6 is 11.3 Å². The van der Waals surface area contributed by atoms with Gasteiger partial charge in [0.15, 0.2) is 5.13 Å². The lowest BCUT2D eigenvalue weighted by Crippen LogP contribution is -2.44. The maximum Gasteiger partial charge on any atom is 0.326 e. The molecule has 4 N–H and O–H groups in total. The van der Waals surface area contributed by atoms with Gasteiger partial charge in [-0.15, -0.1) is 0 Å². The lowest BCUT2D eigenvalue weighted by Gasteiger charge is -2.17. The maximum atomic E-state index is 12.1. The van der Waals surface area contributed by atoms with Crippen molar-refractivity contribution in [2.24, 2.45) is 5.92 Å². The second kappa shape index (κ2) is 5.46. The average molecular weight is 293 g/mol. The van der Waals surface area contributed by atoms with E-state index in [1.54, 1.807) is 32.0 Å². The van der Waals surface area contributed by atoms with E-state index >= 15 is 0 Å². The molecular weight excluding hydrogens is 278 g/mol. The normalized spacial score (nSPS) is 12.6. The maximum absolute atomic E-state index is 12.1. The smallest absolute Gasteiger partial charge is 0.326 e. The first kappa shape index (κ1) is 14.3. The van der Waals surface area contributed by atoms with Crippen molar-refractivity contribution < 1.29 is 14.7 Å². The first-order valence-electron chi connectivity index (χ1n) is 6.08. The Labute approximate surface area is 119 Å². The Morgan fingerprint density at radius 1 is 1.40 bits per heavy atom. The van der Waals surface area contributed by atoms with Crippen molar-refractivity contribution in [3.05, 3.63) is 23.8 Å². The molecule has 0 spiro atoms. The fourth-order valence-corrected chi connectivity index (χ4v) is 2.60. The number of fused-ring (bicyclic) bond motifs is 1. The van der Waals surface area contributed by atoms with Crippen molar-refractivity contribution in [3.8, 4) is 0 Å². The Kier molecular flexibility index (Phi) is 3.89. The van der Waals surface area contributed by atoms with E-state index in [2.05, 4.69) is 10.3 Å². The van der Waals surface area contributed by atoms with Crippen LogP contribution < -0.4 is 11.1 Å². The minimum Gasteiger partial charge on any atom is -0.480 e. The number of anilines is 1. The van der Waals surface area contributed by atoms with Crippen LogP contribution in [0, 0.1) is 5.92 Å². The fraction of sp³-hybridized carbons (Fsp3) is 0.308. The van der Waals surface area contributed by atoms with Gasteiger partial charge in [-0.05, 0) is 24.1 Å². The van der Waals surface area contributed by atoms with Crippen molar-refractivity contribution in [3.63, 3.8) is 0 Å². The highest BCUT2D eigenvalue weighted by atomic mass is 32.1. The Balaban J connectivity index is 2.24. The van der Waals surface area contributed by atoms with Crippen LogP contribution in [0.1, 0.15) is 24.2 Å². The molecule has 20 heavy (non-hydrogen) atoms. The number of carboxylic acid groups (broad SMARTS) is 1. The van der Waals surface area contributed by atoms with Crippen LogP contribution in [0.4, 0.5) is 5.13 Å². The number of carbonyl (C=O) groups is 2. The summed E-state index contributed by atoms with van der Waals surface area (Å²) in [6.07, 6.45) is 0. The van der Waals surface area contributed by atoms with E-state index < -0.39 is 17.9 Å². The molecule has 0 fully saturated rings. The zero-order chi connectivity index (χ0) is 14.9. The largest absolute Gasteiger partial charge is 0.480 e.